The molecule has 7 atom stereocenters. The van der Waals surface area contributed by atoms with Crippen LogP contribution in [0.15, 0.2) is 10.2 Å². The number of rotatable bonds is 10. The predicted molar refractivity (Wildman–Crippen MR) is 193 cm³/mol. The van der Waals surface area contributed by atoms with Crippen LogP contribution in [0.1, 0.15) is 81.6 Å². The number of fused-ring (bicyclic) bond motifs is 1. The van der Waals surface area contributed by atoms with Crippen molar-refractivity contribution in [2.24, 2.45) is 0 Å². The van der Waals surface area contributed by atoms with Gasteiger partial charge in [-0.2, -0.15) is 0 Å². The molecular weight excluding hydrogens is 708 g/mol. The van der Waals surface area contributed by atoms with Crippen LogP contribution in [-0.4, -0.2) is 80.8 Å². The summed E-state index contributed by atoms with van der Waals surface area (Å²) in [6.07, 6.45) is 1.61. The second kappa shape index (κ2) is 14.2. The van der Waals surface area contributed by atoms with E-state index in [-0.39, 0.29) is 64.1 Å². The summed E-state index contributed by atoms with van der Waals surface area (Å²) in [6, 6.07) is 0. The molecular formula is C32H63IO7Si3. The van der Waals surface area contributed by atoms with Gasteiger partial charge in [0.2, 0.25) is 0 Å². The summed E-state index contributed by atoms with van der Waals surface area (Å²) in [5.41, 5.74) is 0. The summed E-state index contributed by atoms with van der Waals surface area (Å²) in [6.45, 7) is 34.1. The van der Waals surface area contributed by atoms with Crippen LogP contribution in [0, 0.1) is 0 Å². The van der Waals surface area contributed by atoms with Crippen molar-refractivity contribution in [2.75, 3.05) is 7.11 Å². The summed E-state index contributed by atoms with van der Waals surface area (Å²) >= 11 is 2.29. The van der Waals surface area contributed by atoms with Crippen molar-refractivity contribution in [3.63, 3.8) is 0 Å². The van der Waals surface area contributed by atoms with Crippen LogP contribution in [0.25, 0.3) is 0 Å². The zero-order valence-electron chi connectivity index (χ0n) is 30.1. The van der Waals surface area contributed by atoms with Gasteiger partial charge in [0, 0.05) is 0 Å². The Labute approximate surface area is 280 Å². The average molecular weight is 771 g/mol. The molecule has 0 bridgehead atoms. The fourth-order valence-corrected chi connectivity index (χ4v) is 9.03. The van der Waals surface area contributed by atoms with Gasteiger partial charge in [-0.25, -0.2) is 0 Å². The highest BCUT2D eigenvalue weighted by Crippen LogP contribution is 2.47. The third kappa shape index (κ3) is 9.71. The molecule has 0 aromatic heterocycles. The highest BCUT2D eigenvalue weighted by molar-refractivity contribution is 14.1. The van der Waals surface area contributed by atoms with E-state index in [0.29, 0.717) is 0 Å². The smallest absolute Gasteiger partial charge is 0.308 e. The highest BCUT2D eigenvalue weighted by atomic mass is 127. The first kappa shape index (κ1) is 39.6. The maximum atomic E-state index is 12.3. The Hall–Kier alpha value is 0.391. The van der Waals surface area contributed by atoms with Crippen molar-refractivity contribution in [2.45, 2.75) is 179 Å². The molecule has 0 N–H and O–H groups in total. The minimum atomic E-state index is -2.31. The van der Waals surface area contributed by atoms with Crippen LogP contribution in [0.5, 0.6) is 0 Å². The van der Waals surface area contributed by atoms with Gasteiger partial charge in [-0.1, -0.05) is 84.9 Å². The van der Waals surface area contributed by atoms with Gasteiger partial charge in [0.1, 0.15) is 24.4 Å². The van der Waals surface area contributed by atoms with E-state index in [2.05, 4.69) is 130 Å². The van der Waals surface area contributed by atoms with E-state index >= 15 is 0 Å². The summed E-state index contributed by atoms with van der Waals surface area (Å²) in [5.74, 6) is -0.260. The van der Waals surface area contributed by atoms with Gasteiger partial charge in [-0.05, 0) is 77.4 Å². The average Bonchev–Trinajstić information content (AvgIpc) is 2.82. The lowest BCUT2D eigenvalue weighted by Gasteiger charge is -2.56. The molecule has 0 saturated carbocycles. The van der Waals surface area contributed by atoms with Crippen LogP contribution < -0.4 is 0 Å². The molecule has 43 heavy (non-hydrogen) atoms. The summed E-state index contributed by atoms with van der Waals surface area (Å²) in [5, 5.41) is -0.00778. The molecule has 2 fully saturated rings. The van der Waals surface area contributed by atoms with E-state index < -0.39 is 31.1 Å². The molecule has 0 aromatic carbocycles. The molecule has 11 heteroatoms. The van der Waals surface area contributed by atoms with Gasteiger partial charge in [0.25, 0.3) is 0 Å². The number of carbonyl (C=O) groups excluding carboxylic acids is 1. The van der Waals surface area contributed by atoms with Crippen LogP contribution in [0.2, 0.25) is 54.4 Å². The van der Waals surface area contributed by atoms with Crippen molar-refractivity contribution >= 4 is 53.5 Å². The number of carbonyl (C=O) groups is 1. The molecule has 0 spiro atoms. The minimum absolute atomic E-state index is 0.0168. The highest BCUT2D eigenvalue weighted by Gasteiger charge is 2.57. The number of esters is 1. The quantitative estimate of drug-likeness (QED) is 0.125. The first-order valence-corrected chi connectivity index (χ1v) is 25.9. The number of methoxy groups -OCH3 is 1. The van der Waals surface area contributed by atoms with Crippen LogP contribution in [0.3, 0.4) is 0 Å². The van der Waals surface area contributed by atoms with Crippen LogP contribution >= 0.6 is 22.6 Å². The van der Waals surface area contributed by atoms with E-state index in [9.17, 15) is 4.79 Å². The molecule has 0 radical (unpaired) electrons. The van der Waals surface area contributed by atoms with Crippen molar-refractivity contribution in [3.05, 3.63) is 10.2 Å². The van der Waals surface area contributed by atoms with Gasteiger partial charge in [0.05, 0.1) is 31.8 Å². The van der Waals surface area contributed by atoms with E-state index in [0.717, 1.165) is 12.8 Å². The lowest BCUT2D eigenvalue weighted by atomic mass is 9.87. The van der Waals surface area contributed by atoms with Crippen molar-refractivity contribution in [1.82, 2.24) is 0 Å². The van der Waals surface area contributed by atoms with Gasteiger partial charge < -0.3 is 27.5 Å². The molecule has 2 saturated heterocycles. The number of ether oxygens (including phenoxy) is 3. The van der Waals surface area contributed by atoms with E-state index in [1.165, 1.54) is 7.11 Å². The van der Waals surface area contributed by atoms with Gasteiger partial charge >= 0.3 is 5.97 Å². The van der Waals surface area contributed by atoms with E-state index in [1.54, 1.807) is 0 Å². The van der Waals surface area contributed by atoms with Gasteiger partial charge in [-0.3, -0.25) is 4.79 Å². The predicted octanol–water partition coefficient (Wildman–Crippen LogP) is 8.98. The Morgan fingerprint density at radius 2 is 1.30 bits per heavy atom. The molecule has 0 aliphatic carbocycles. The fourth-order valence-electron chi connectivity index (χ4n) is 4.77. The molecule has 252 valence electrons. The first-order chi connectivity index (χ1) is 19.3. The maximum absolute atomic E-state index is 12.3. The zero-order valence-corrected chi connectivity index (χ0v) is 35.2. The summed E-state index contributed by atoms with van der Waals surface area (Å²) < 4.78 is 42.8. The summed E-state index contributed by atoms with van der Waals surface area (Å²) in [4.78, 5) is 12.3. The second-order valence-electron chi connectivity index (χ2n) is 17.1. The Bertz CT molecular complexity index is 965. The van der Waals surface area contributed by atoms with Gasteiger partial charge in [-0.15, -0.1) is 0 Å². The zero-order chi connectivity index (χ0) is 33.4. The lowest BCUT2D eigenvalue weighted by Crippen LogP contribution is -2.69. The first-order valence-electron chi connectivity index (χ1n) is 16.0. The Balaban J connectivity index is 2.73. The lowest BCUT2D eigenvalue weighted by molar-refractivity contribution is -0.266. The Morgan fingerprint density at radius 3 is 1.74 bits per heavy atom. The molecule has 2 aliphatic rings. The number of hydrogen-bond acceptors (Lipinski definition) is 7. The van der Waals surface area contributed by atoms with E-state index in [1.807, 2.05) is 4.08 Å². The largest absolute Gasteiger partial charge is 0.469 e. The van der Waals surface area contributed by atoms with E-state index in [4.69, 9.17) is 27.5 Å². The molecule has 0 amide bonds. The molecule has 4 unspecified atom stereocenters. The van der Waals surface area contributed by atoms with Crippen LogP contribution in [0.4, 0.5) is 0 Å². The number of hydrogen-bond donors (Lipinski definition) is 0. The third-order valence-corrected chi connectivity index (χ3v) is 24.5. The molecule has 0 aromatic rings. The monoisotopic (exact) mass is 770 g/mol. The minimum Gasteiger partial charge on any atom is -0.469 e. The topological polar surface area (TPSA) is 72.5 Å². The fraction of sp³-hybridized carbons (Fsp3) is 0.906. The third-order valence-electron chi connectivity index (χ3n) is 10.7. The maximum Gasteiger partial charge on any atom is 0.308 e. The summed E-state index contributed by atoms with van der Waals surface area (Å²) in [7, 11) is -5.36. The molecule has 7 nitrogen and oxygen atoms in total. The van der Waals surface area contributed by atoms with Crippen molar-refractivity contribution in [1.29, 1.82) is 0 Å². The number of halogens is 1. The van der Waals surface area contributed by atoms with Crippen LogP contribution in [-0.2, 0) is 32.3 Å². The molecule has 2 rings (SSSR count). The SMILES string of the molecule is COC(=O)C[C@H]1CCC2O[C@@H](C(/C=C/I)O[Si](C)(C)C(C)(C)C)C(O[Si](C)(C)C(C)(C)C)C(O[Si](C)(C)C(C)(C)C)[C@H]2O1. The molecule has 2 aliphatic heterocycles. The normalized spacial score (nSPS) is 29.0. The van der Waals surface area contributed by atoms with Gasteiger partial charge in [0.15, 0.2) is 25.0 Å². The molecule has 2 heterocycles. The standard InChI is InChI=1S/C32H63IO7Si3/c1-30(2,3)41(11,12)38-24(19-20-33)27-29(40-43(15,16)32(7,8)9)28(39-42(13,14)31(4,5)6)26-23(37-27)18-17-22(36-26)21-25(34)35-10/h19-20,22-24,26-29H,17-18,21H2,1-16H3/b20-19+/t22-,23?,24?,26+,27+,28?,29?/m1/s1. The Morgan fingerprint density at radius 1 is 0.814 bits per heavy atom. The Kier molecular flexibility index (Phi) is 13.1. The van der Waals surface area contributed by atoms with Crippen molar-refractivity contribution in [3.8, 4) is 0 Å². The second-order valence-corrected chi connectivity index (χ2v) is 32.1. The van der Waals surface area contributed by atoms with Crippen molar-refractivity contribution < 1.29 is 32.3 Å².